The minimum atomic E-state index is 0.775. The van der Waals surface area contributed by atoms with Crippen molar-refractivity contribution in [3.05, 3.63) is 53.5 Å². The molecule has 0 aliphatic rings. The molecular formula is C20H27N5O. The summed E-state index contributed by atoms with van der Waals surface area (Å²) in [5, 5.41) is 12.3. The lowest BCUT2D eigenvalue weighted by atomic mass is 10.2. The molecule has 0 radical (unpaired) electrons. The molecule has 6 nitrogen and oxygen atoms in total. The van der Waals surface area contributed by atoms with Crippen LogP contribution in [0.25, 0.3) is 11.0 Å². The average molecular weight is 353 g/mol. The standard InChI is InChI=1S/C20H27N5O/c1-15-13-16(2)25(24-15)12-6-10-22-20(21-3)23-11-9-18-14-17-7-4-5-8-19(17)26-18/h4-5,7-8,13-14H,6,9-12H2,1-3H3,(H2,21,22,23). The van der Waals surface area contributed by atoms with Gasteiger partial charge in [-0.3, -0.25) is 9.67 Å². The molecule has 0 aliphatic carbocycles. The van der Waals surface area contributed by atoms with E-state index in [9.17, 15) is 0 Å². The van der Waals surface area contributed by atoms with Gasteiger partial charge in [-0.15, -0.1) is 0 Å². The minimum Gasteiger partial charge on any atom is -0.461 e. The van der Waals surface area contributed by atoms with E-state index in [1.807, 2.05) is 25.1 Å². The molecule has 1 aromatic carbocycles. The maximum absolute atomic E-state index is 5.83. The number of hydrogen-bond donors (Lipinski definition) is 2. The van der Waals surface area contributed by atoms with Gasteiger partial charge < -0.3 is 15.1 Å². The van der Waals surface area contributed by atoms with Crippen LogP contribution in [0, 0.1) is 13.8 Å². The number of aromatic nitrogens is 2. The monoisotopic (exact) mass is 353 g/mol. The second-order valence-electron chi connectivity index (χ2n) is 6.43. The summed E-state index contributed by atoms with van der Waals surface area (Å²) in [6, 6.07) is 12.3. The fraction of sp³-hybridized carbons (Fsp3) is 0.400. The van der Waals surface area contributed by atoms with Crippen LogP contribution in [0.2, 0.25) is 0 Å². The van der Waals surface area contributed by atoms with Crippen molar-refractivity contribution in [2.24, 2.45) is 4.99 Å². The van der Waals surface area contributed by atoms with Gasteiger partial charge >= 0.3 is 0 Å². The van der Waals surface area contributed by atoms with Gasteiger partial charge in [-0.2, -0.15) is 5.10 Å². The van der Waals surface area contributed by atoms with Crippen molar-refractivity contribution in [2.45, 2.75) is 33.2 Å². The fourth-order valence-electron chi connectivity index (χ4n) is 3.02. The van der Waals surface area contributed by atoms with E-state index in [0.717, 1.165) is 60.9 Å². The molecule has 0 unspecified atom stereocenters. The first-order valence-corrected chi connectivity index (χ1v) is 9.09. The number of nitrogens with zero attached hydrogens (tertiary/aromatic N) is 3. The Labute approximate surface area is 154 Å². The molecule has 3 rings (SSSR count). The topological polar surface area (TPSA) is 67.4 Å². The Bertz CT molecular complexity index is 844. The first-order valence-electron chi connectivity index (χ1n) is 9.09. The van der Waals surface area contributed by atoms with Crippen molar-refractivity contribution in [3.8, 4) is 0 Å². The fourth-order valence-corrected chi connectivity index (χ4v) is 3.02. The Morgan fingerprint density at radius 1 is 1.15 bits per heavy atom. The van der Waals surface area contributed by atoms with Crippen LogP contribution in [-0.4, -0.2) is 35.9 Å². The van der Waals surface area contributed by atoms with E-state index in [4.69, 9.17) is 4.42 Å². The number of rotatable bonds is 7. The molecule has 3 aromatic rings. The summed E-state index contributed by atoms with van der Waals surface area (Å²) in [5.74, 6) is 1.80. The summed E-state index contributed by atoms with van der Waals surface area (Å²) < 4.78 is 7.88. The number of guanidine groups is 1. The Morgan fingerprint density at radius 3 is 2.69 bits per heavy atom. The van der Waals surface area contributed by atoms with Gasteiger partial charge in [0.25, 0.3) is 0 Å². The van der Waals surface area contributed by atoms with Crippen LogP contribution in [0.1, 0.15) is 23.6 Å². The molecule has 0 spiro atoms. The van der Waals surface area contributed by atoms with Gasteiger partial charge in [-0.05, 0) is 38.5 Å². The number of benzene rings is 1. The molecule has 0 aliphatic heterocycles. The van der Waals surface area contributed by atoms with Gasteiger partial charge in [0.05, 0.1) is 5.69 Å². The van der Waals surface area contributed by atoms with E-state index in [1.165, 1.54) is 5.69 Å². The Balaban J connectivity index is 1.38. The third kappa shape index (κ3) is 4.65. The quantitative estimate of drug-likeness (QED) is 0.389. The molecule has 0 saturated carbocycles. The van der Waals surface area contributed by atoms with Crippen LogP contribution >= 0.6 is 0 Å². The highest BCUT2D eigenvalue weighted by Crippen LogP contribution is 2.18. The number of aliphatic imine (C=N–C) groups is 1. The second-order valence-corrected chi connectivity index (χ2v) is 6.43. The minimum absolute atomic E-state index is 0.775. The van der Waals surface area contributed by atoms with E-state index < -0.39 is 0 Å². The molecular weight excluding hydrogens is 326 g/mol. The zero-order valence-corrected chi connectivity index (χ0v) is 15.7. The van der Waals surface area contributed by atoms with E-state index in [-0.39, 0.29) is 0 Å². The number of aryl methyl sites for hydroxylation is 3. The molecule has 138 valence electrons. The number of para-hydroxylation sites is 1. The molecule has 6 heteroatoms. The summed E-state index contributed by atoms with van der Waals surface area (Å²) in [7, 11) is 1.79. The van der Waals surface area contributed by atoms with Crippen molar-refractivity contribution in [3.63, 3.8) is 0 Å². The molecule has 2 heterocycles. The van der Waals surface area contributed by atoms with Crippen molar-refractivity contribution in [2.75, 3.05) is 20.1 Å². The van der Waals surface area contributed by atoms with Gasteiger partial charge in [0.15, 0.2) is 5.96 Å². The lowest BCUT2D eigenvalue weighted by molar-refractivity contribution is 0.541. The first kappa shape index (κ1) is 18.0. The molecule has 2 aromatic heterocycles. The molecule has 0 amide bonds. The maximum atomic E-state index is 5.83. The van der Waals surface area contributed by atoms with Crippen molar-refractivity contribution < 1.29 is 4.42 Å². The molecule has 0 atom stereocenters. The van der Waals surface area contributed by atoms with Crippen LogP contribution in [0.4, 0.5) is 0 Å². The van der Waals surface area contributed by atoms with Gasteiger partial charge in [0.2, 0.25) is 0 Å². The summed E-state index contributed by atoms with van der Waals surface area (Å²) in [6.07, 6.45) is 1.81. The van der Waals surface area contributed by atoms with Crippen molar-refractivity contribution >= 4 is 16.9 Å². The van der Waals surface area contributed by atoms with Crippen LogP contribution in [0.15, 0.2) is 45.8 Å². The largest absolute Gasteiger partial charge is 0.461 e. The average Bonchev–Trinajstić information content (AvgIpc) is 3.18. The number of fused-ring (bicyclic) bond motifs is 1. The SMILES string of the molecule is CN=C(NCCCn1nc(C)cc1C)NCCc1cc2ccccc2o1. The highest BCUT2D eigenvalue weighted by molar-refractivity contribution is 5.79. The van der Waals surface area contributed by atoms with Crippen molar-refractivity contribution in [1.29, 1.82) is 0 Å². The molecule has 0 bridgehead atoms. The zero-order chi connectivity index (χ0) is 18.4. The molecule has 0 fully saturated rings. The summed E-state index contributed by atoms with van der Waals surface area (Å²) in [5.41, 5.74) is 3.21. The predicted octanol–water partition coefficient (Wildman–Crippen LogP) is 3.04. The predicted molar refractivity (Wildman–Crippen MR) is 106 cm³/mol. The smallest absolute Gasteiger partial charge is 0.190 e. The summed E-state index contributed by atoms with van der Waals surface area (Å²) in [4.78, 5) is 4.27. The second kappa shape index (κ2) is 8.56. The molecule has 0 saturated heterocycles. The lowest BCUT2D eigenvalue weighted by Gasteiger charge is -2.11. The normalized spacial score (nSPS) is 11.9. The lowest BCUT2D eigenvalue weighted by Crippen LogP contribution is -2.39. The van der Waals surface area contributed by atoms with Gasteiger partial charge in [0.1, 0.15) is 11.3 Å². The number of hydrogen-bond acceptors (Lipinski definition) is 3. The summed E-state index contributed by atoms with van der Waals surface area (Å²) in [6.45, 7) is 6.64. The number of furan rings is 1. The molecule has 2 N–H and O–H groups in total. The highest BCUT2D eigenvalue weighted by atomic mass is 16.3. The van der Waals surface area contributed by atoms with E-state index in [0.29, 0.717) is 0 Å². The third-order valence-electron chi connectivity index (χ3n) is 4.31. The van der Waals surface area contributed by atoms with E-state index >= 15 is 0 Å². The van der Waals surface area contributed by atoms with Gasteiger partial charge in [-0.25, -0.2) is 0 Å². The van der Waals surface area contributed by atoms with E-state index in [2.05, 4.69) is 50.5 Å². The van der Waals surface area contributed by atoms with Gasteiger partial charge in [-0.1, -0.05) is 18.2 Å². The van der Waals surface area contributed by atoms with Crippen LogP contribution in [-0.2, 0) is 13.0 Å². The van der Waals surface area contributed by atoms with E-state index in [1.54, 1.807) is 7.05 Å². The first-order chi connectivity index (χ1) is 12.7. The zero-order valence-electron chi connectivity index (χ0n) is 15.7. The summed E-state index contributed by atoms with van der Waals surface area (Å²) >= 11 is 0. The number of nitrogens with one attached hydrogen (secondary N) is 2. The Hall–Kier alpha value is -2.76. The van der Waals surface area contributed by atoms with Gasteiger partial charge in [0, 0.05) is 44.2 Å². The van der Waals surface area contributed by atoms with Crippen molar-refractivity contribution in [1.82, 2.24) is 20.4 Å². The molecule has 26 heavy (non-hydrogen) atoms. The third-order valence-corrected chi connectivity index (χ3v) is 4.31. The Kier molecular flexibility index (Phi) is 5.94. The van der Waals surface area contributed by atoms with Crippen LogP contribution < -0.4 is 10.6 Å². The van der Waals surface area contributed by atoms with Crippen LogP contribution in [0.3, 0.4) is 0 Å². The highest BCUT2D eigenvalue weighted by Gasteiger charge is 2.04. The maximum Gasteiger partial charge on any atom is 0.190 e. The Morgan fingerprint density at radius 2 is 1.96 bits per heavy atom. The van der Waals surface area contributed by atoms with Crippen LogP contribution in [0.5, 0.6) is 0 Å².